The lowest BCUT2D eigenvalue weighted by atomic mass is 10.1. The van der Waals surface area contributed by atoms with E-state index in [4.69, 9.17) is 14.2 Å². The SMILES string of the molecule is CCOc1ccc(COc2ccc(NC(=O)c3c(C)nn(-c4ccccc4)c3C)cc2)cc1OCC. The van der Waals surface area contributed by atoms with Crippen molar-refractivity contribution in [2.75, 3.05) is 18.5 Å². The standard InChI is InChI=1S/C29H31N3O4/c1-5-34-26-17-12-22(18-27(26)35-6-2)19-36-25-15-13-23(14-16-25)30-29(33)28-20(3)31-32(21(28)4)24-10-8-7-9-11-24/h7-18H,5-6,19H2,1-4H3,(H,30,33). The number of aromatic nitrogens is 2. The molecule has 4 aromatic rings. The molecule has 1 aromatic heterocycles. The Morgan fingerprint density at radius 1 is 0.861 bits per heavy atom. The fraction of sp³-hybridized carbons (Fsp3) is 0.241. The van der Waals surface area contributed by atoms with E-state index in [2.05, 4.69) is 10.4 Å². The highest BCUT2D eigenvalue weighted by Gasteiger charge is 2.19. The third kappa shape index (κ3) is 5.68. The number of rotatable bonds is 10. The Morgan fingerprint density at radius 3 is 2.25 bits per heavy atom. The number of anilines is 1. The van der Waals surface area contributed by atoms with Crippen LogP contribution in [0, 0.1) is 13.8 Å². The Hall–Kier alpha value is -4.26. The largest absolute Gasteiger partial charge is 0.490 e. The maximum Gasteiger partial charge on any atom is 0.259 e. The van der Waals surface area contributed by atoms with Gasteiger partial charge in [0.25, 0.3) is 5.91 Å². The number of aryl methyl sites for hydroxylation is 1. The summed E-state index contributed by atoms with van der Waals surface area (Å²) in [6, 6.07) is 22.9. The van der Waals surface area contributed by atoms with E-state index < -0.39 is 0 Å². The van der Waals surface area contributed by atoms with Crippen LogP contribution in [-0.2, 0) is 6.61 Å². The summed E-state index contributed by atoms with van der Waals surface area (Å²) in [5.41, 5.74) is 4.60. The second-order valence-electron chi connectivity index (χ2n) is 8.21. The molecule has 1 amide bonds. The van der Waals surface area contributed by atoms with E-state index in [-0.39, 0.29) is 5.91 Å². The van der Waals surface area contributed by atoms with Gasteiger partial charge in [0.15, 0.2) is 11.5 Å². The fourth-order valence-electron chi connectivity index (χ4n) is 3.97. The Balaban J connectivity index is 1.40. The molecule has 0 fully saturated rings. The molecule has 0 saturated heterocycles. The Labute approximate surface area is 211 Å². The summed E-state index contributed by atoms with van der Waals surface area (Å²) in [5, 5.41) is 7.53. The Morgan fingerprint density at radius 2 is 1.56 bits per heavy atom. The minimum absolute atomic E-state index is 0.196. The van der Waals surface area contributed by atoms with Gasteiger partial charge in [-0.15, -0.1) is 0 Å². The summed E-state index contributed by atoms with van der Waals surface area (Å²) in [6.07, 6.45) is 0. The molecule has 7 heteroatoms. The van der Waals surface area contributed by atoms with Crippen LogP contribution in [0.1, 0.15) is 41.2 Å². The molecule has 0 radical (unpaired) electrons. The fourth-order valence-corrected chi connectivity index (χ4v) is 3.97. The van der Waals surface area contributed by atoms with Crippen LogP contribution in [-0.4, -0.2) is 28.9 Å². The zero-order valence-corrected chi connectivity index (χ0v) is 21.1. The third-order valence-corrected chi connectivity index (χ3v) is 5.64. The Bertz CT molecular complexity index is 1310. The number of para-hydroxylation sites is 1. The highest BCUT2D eigenvalue weighted by molar-refractivity contribution is 6.06. The van der Waals surface area contributed by atoms with Crippen molar-refractivity contribution in [2.45, 2.75) is 34.3 Å². The zero-order chi connectivity index (χ0) is 25.5. The predicted octanol–water partition coefficient (Wildman–Crippen LogP) is 6.12. The maximum atomic E-state index is 13.0. The molecular formula is C29H31N3O4. The van der Waals surface area contributed by atoms with Crippen molar-refractivity contribution in [3.8, 4) is 22.9 Å². The second-order valence-corrected chi connectivity index (χ2v) is 8.21. The van der Waals surface area contributed by atoms with E-state index in [1.165, 1.54) is 0 Å². The highest BCUT2D eigenvalue weighted by atomic mass is 16.5. The first-order valence-corrected chi connectivity index (χ1v) is 12.0. The van der Waals surface area contributed by atoms with Gasteiger partial charge in [-0.1, -0.05) is 24.3 Å². The molecule has 0 aliphatic carbocycles. The number of nitrogens with one attached hydrogen (secondary N) is 1. The summed E-state index contributed by atoms with van der Waals surface area (Å²) >= 11 is 0. The summed E-state index contributed by atoms with van der Waals surface area (Å²) < 4.78 is 19.0. The van der Waals surface area contributed by atoms with Crippen molar-refractivity contribution in [1.29, 1.82) is 0 Å². The van der Waals surface area contributed by atoms with E-state index in [9.17, 15) is 4.79 Å². The zero-order valence-electron chi connectivity index (χ0n) is 21.1. The van der Waals surface area contributed by atoms with E-state index in [0.29, 0.717) is 48.3 Å². The molecule has 1 N–H and O–H groups in total. The predicted molar refractivity (Wildman–Crippen MR) is 141 cm³/mol. The lowest BCUT2D eigenvalue weighted by Crippen LogP contribution is -2.14. The minimum Gasteiger partial charge on any atom is -0.490 e. The van der Waals surface area contributed by atoms with Crippen molar-refractivity contribution in [3.63, 3.8) is 0 Å². The first-order chi connectivity index (χ1) is 17.5. The topological polar surface area (TPSA) is 74.6 Å². The molecule has 0 spiro atoms. The first-order valence-electron chi connectivity index (χ1n) is 12.0. The molecule has 0 aliphatic heterocycles. The normalized spacial score (nSPS) is 10.7. The lowest BCUT2D eigenvalue weighted by Gasteiger charge is -2.13. The molecule has 0 atom stereocenters. The van der Waals surface area contributed by atoms with Gasteiger partial charge in [-0.3, -0.25) is 4.79 Å². The van der Waals surface area contributed by atoms with Crippen molar-refractivity contribution in [3.05, 3.63) is 95.3 Å². The number of amides is 1. The Kier molecular flexibility index (Phi) is 7.90. The number of benzene rings is 3. The summed E-state index contributed by atoms with van der Waals surface area (Å²) in [6.45, 7) is 9.15. The first kappa shape index (κ1) is 24.9. The van der Waals surface area contributed by atoms with Gasteiger partial charge < -0.3 is 19.5 Å². The van der Waals surface area contributed by atoms with E-state index in [0.717, 1.165) is 22.7 Å². The van der Waals surface area contributed by atoms with Crippen LogP contribution >= 0.6 is 0 Å². The van der Waals surface area contributed by atoms with Gasteiger partial charge in [0.05, 0.1) is 35.9 Å². The molecular weight excluding hydrogens is 454 g/mol. The van der Waals surface area contributed by atoms with Gasteiger partial charge in [-0.25, -0.2) is 4.68 Å². The van der Waals surface area contributed by atoms with Crippen LogP contribution in [0.25, 0.3) is 5.69 Å². The van der Waals surface area contributed by atoms with Crippen LogP contribution in [0.4, 0.5) is 5.69 Å². The molecule has 0 unspecified atom stereocenters. The van der Waals surface area contributed by atoms with Crippen molar-refractivity contribution in [2.24, 2.45) is 0 Å². The molecule has 7 nitrogen and oxygen atoms in total. The quantitative estimate of drug-likeness (QED) is 0.293. The average Bonchev–Trinajstić information content (AvgIpc) is 3.19. The van der Waals surface area contributed by atoms with E-state index in [1.54, 1.807) is 4.68 Å². The van der Waals surface area contributed by atoms with Gasteiger partial charge in [0, 0.05) is 5.69 Å². The van der Waals surface area contributed by atoms with Crippen LogP contribution in [0.3, 0.4) is 0 Å². The smallest absolute Gasteiger partial charge is 0.259 e. The van der Waals surface area contributed by atoms with Crippen molar-refractivity contribution < 1.29 is 19.0 Å². The molecule has 0 saturated carbocycles. The third-order valence-electron chi connectivity index (χ3n) is 5.64. The van der Waals surface area contributed by atoms with Gasteiger partial charge in [0.2, 0.25) is 0 Å². The lowest BCUT2D eigenvalue weighted by molar-refractivity contribution is 0.102. The monoisotopic (exact) mass is 485 g/mol. The van der Waals surface area contributed by atoms with Crippen LogP contribution < -0.4 is 19.5 Å². The minimum atomic E-state index is -0.196. The van der Waals surface area contributed by atoms with Gasteiger partial charge in [-0.2, -0.15) is 5.10 Å². The summed E-state index contributed by atoms with van der Waals surface area (Å²) in [5.74, 6) is 1.94. The van der Waals surface area contributed by atoms with Crippen LogP contribution in [0.5, 0.6) is 17.2 Å². The molecule has 3 aromatic carbocycles. The second kappa shape index (κ2) is 11.4. The molecule has 4 rings (SSSR count). The molecule has 186 valence electrons. The number of carbonyl (C=O) groups excluding carboxylic acids is 1. The van der Waals surface area contributed by atoms with E-state index >= 15 is 0 Å². The molecule has 0 aliphatic rings. The number of ether oxygens (including phenoxy) is 3. The molecule has 1 heterocycles. The van der Waals surface area contributed by atoms with Gasteiger partial charge >= 0.3 is 0 Å². The summed E-state index contributed by atoms with van der Waals surface area (Å²) in [7, 11) is 0. The number of nitrogens with zero attached hydrogens (tertiary/aromatic N) is 2. The van der Waals surface area contributed by atoms with Gasteiger partial charge in [0.1, 0.15) is 12.4 Å². The average molecular weight is 486 g/mol. The number of carbonyl (C=O) groups is 1. The highest BCUT2D eigenvalue weighted by Crippen LogP contribution is 2.29. The van der Waals surface area contributed by atoms with Crippen molar-refractivity contribution >= 4 is 11.6 Å². The summed E-state index contributed by atoms with van der Waals surface area (Å²) in [4.78, 5) is 13.0. The number of hydrogen-bond acceptors (Lipinski definition) is 5. The van der Waals surface area contributed by atoms with Crippen LogP contribution in [0.15, 0.2) is 72.8 Å². The van der Waals surface area contributed by atoms with E-state index in [1.807, 2.05) is 100 Å². The van der Waals surface area contributed by atoms with Crippen molar-refractivity contribution in [1.82, 2.24) is 9.78 Å². The molecule has 0 bridgehead atoms. The molecule has 36 heavy (non-hydrogen) atoms. The number of hydrogen-bond donors (Lipinski definition) is 1. The van der Waals surface area contributed by atoms with Crippen LogP contribution in [0.2, 0.25) is 0 Å². The maximum absolute atomic E-state index is 13.0. The van der Waals surface area contributed by atoms with Gasteiger partial charge in [-0.05, 0) is 81.8 Å².